The van der Waals surface area contributed by atoms with Gasteiger partial charge in [-0.25, -0.2) is 4.98 Å². The summed E-state index contributed by atoms with van der Waals surface area (Å²) in [5, 5.41) is 0. The summed E-state index contributed by atoms with van der Waals surface area (Å²) in [6, 6.07) is 6.65. The van der Waals surface area contributed by atoms with E-state index in [0.717, 1.165) is 17.8 Å². The summed E-state index contributed by atoms with van der Waals surface area (Å²) in [5.74, 6) is 0. The van der Waals surface area contributed by atoms with E-state index in [1.54, 1.807) is 49.9 Å². The van der Waals surface area contributed by atoms with Gasteiger partial charge in [-0.15, -0.1) is 0 Å². The SMILES string of the molecule is Cc1cn(-c2ccc3c(=O)n(CC4(C)OCc5ccc(C(F)(F)F)cc54)c(C)cn3c2=O)cn1. The fourth-order valence-corrected chi connectivity index (χ4v) is 4.46. The number of benzene rings is 1. The zero-order valence-corrected chi connectivity index (χ0v) is 18.7. The minimum Gasteiger partial charge on any atom is -0.364 e. The van der Waals surface area contributed by atoms with E-state index in [1.165, 1.54) is 21.4 Å². The summed E-state index contributed by atoms with van der Waals surface area (Å²) >= 11 is 0. The van der Waals surface area contributed by atoms with Crippen molar-refractivity contribution in [3.63, 3.8) is 0 Å². The Morgan fingerprint density at radius 1 is 1.09 bits per heavy atom. The standard InChI is InChI=1S/C24H21F3N4O3/c1-14-9-29(13-28-14)19-6-7-20-22(33)31(15(2)10-30(20)21(19)32)12-23(3)18-8-17(24(25,26)27)5-4-16(18)11-34-23/h4-10,13H,11-12H2,1-3H3. The molecule has 0 bridgehead atoms. The number of hydrogen-bond donors (Lipinski definition) is 0. The Morgan fingerprint density at radius 3 is 2.53 bits per heavy atom. The number of aryl methyl sites for hydroxylation is 2. The van der Waals surface area contributed by atoms with Crippen LogP contribution in [0.1, 0.15) is 35.0 Å². The minimum absolute atomic E-state index is 0.000859. The maximum Gasteiger partial charge on any atom is 0.416 e. The number of nitrogens with zero attached hydrogens (tertiary/aromatic N) is 4. The maximum atomic E-state index is 13.4. The normalized spacial score (nSPS) is 17.9. The molecule has 0 N–H and O–H groups in total. The van der Waals surface area contributed by atoms with Crippen molar-refractivity contribution in [2.24, 2.45) is 0 Å². The van der Waals surface area contributed by atoms with Gasteiger partial charge in [0.15, 0.2) is 0 Å². The van der Waals surface area contributed by atoms with Crippen LogP contribution >= 0.6 is 0 Å². The van der Waals surface area contributed by atoms with Crippen LogP contribution in [0.25, 0.3) is 11.2 Å². The summed E-state index contributed by atoms with van der Waals surface area (Å²) in [4.78, 5) is 30.6. The second kappa shape index (κ2) is 7.42. The maximum absolute atomic E-state index is 13.4. The van der Waals surface area contributed by atoms with Crippen LogP contribution in [0.4, 0.5) is 13.2 Å². The van der Waals surface area contributed by atoms with Gasteiger partial charge in [0.05, 0.1) is 30.7 Å². The van der Waals surface area contributed by atoms with E-state index in [-0.39, 0.29) is 24.2 Å². The van der Waals surface area contributed by atoms with Gasteiger partial charge in [0.1, 0.15) is 16.8 Å². The van der Waals surface area contributed by atoms with E-state index in [4.69, 9.17) is 4.74 Å². The molecule has 0 saturated heterocycles. The second-order valence-corrected chi connectivity index (χ2v) is 8.75. The van der Waals surface area contributed by atoms with Crippen molar-refractivity contribution >= 4 is 5.52 Å². The smallest absolute Gasteiger partial charge is 0.364 e. The molecular weight excluding hydrogens is 449 g/mol. The number of rotatable bonds is 3. The molecule has 1 aliphatic rings. The largest absolute Gasteiger partial charge is 0.416 e. The molecule has 0 spiro atoms. The first-order valence-electron chi connectivity index (χ1n) is 10.6. The van der Waals surface area contributed by atoms with E-state index in [1.807, 2.05) is 0 Å². The van der Waals surface area contributed by atoms with Crippen molar-refractivity contribution in [1.82, 2.24) is 18.5 Å². The molecule has 176 valence electrons. The van der Waals surface area contributed by atoms with Gasteiger partial charge in [0.25, 0.3) is 11.1 Å². The minimum atomic E-state index is -4.49. The predicted molar refractivity (Wildman–Crippen MR) is 118 cm³/mol. The lowest BCUT2D eigenvalue weighted by Crippen LogP contribution is -2.36. The van der Waals surface area contributed by atoms with Gasteiger partial charge in [-0.05, 0) is 56.2 Å². The van der Waals surface area contributed by atoms with Crippen LogP contribution in [0.5, 0.6) is 0 Å². The first-order chi connectivity index (χ1) is 16.0. The Kier molecular flexibility index (Phi) is 4.84. The Hall–Kier alpha value is -3.66. The molecule has 4 heterocycles. The number of fused-ring (bicyclic) bond motifs is 2. The van der Waals surface area contributed by atoms with Gasteiger partial charge in [0.2, 0.25) is 0 Å². The topological polar surface area (TPSA) is 70.5 Å². The molecule has 0 amide bonds. The Balaban J connectivity index is 1.60. The van der Waals surface area contributed by atoms with Crippen LogP contribution in [0, 0.1) is 13.8 Å². The molecule has 0 fully saturated rings. The molecule has 5 rings (SSSR count). The third kappa shape index (κ3) is 3.45. The average Bonchev–Trinajstić information content (AvgIpc) is 3.35. The monoisotopic (exact) mass is 470 g/mol. The predicted octanol–water partition coefficient (Wildman–Crippen LogP) is 3.73. The van der Waals surface area contributed by atoms with Gasteiger partial charge in [0, 0.05) is 18.1 Å². The molecule has 1 aliphatic heterocycles. The third-order valence-corrected chi connectivity index (χ3v) is 6.31. The average molecular weight is 470 g/mol. The van der Waals surface area contributed by atoms with Crippen molar-refractivity contribution in [2.45, 2.75) is 45.7 Å². The van der Waals surface area contributed by atoms with Crippen molar-refractivity contribution in [1.29, 1.82) is 0 Å². The lowest BCUT2D eigenvalue weighted by atomic mass is 9.92. The number of ether oxygens (including phenoxy) is 1. The van der Waals surface area contributed by atoms with Crippen LogP contribution in [0.15, 0.2) is 58.6 Å². The molecule has 3 aromatic heterocycles. The highest BCUT2D eigenvalue weighted by Crippen LogP contribution is 2.41. The van der Waals surface area contributed by atoms with Crippen molar-refractivity contribution in [3.8, 4) is 5.69 Å². The van der Waals surface area contributed by atoms with Crippen LogP contribution in [-0.4, -0.2) is 18.5 Å². The molecule has 7 nitrogen and oxygen atoms in total. The Morgan fingerprint density at radius 2 is 1.85 bits per heavy atom. The van der Waals surface area contributed by atoms with Crippen molar-refractivity contribution in [3.05, 3.63) is 97.8 Å². The molecule has 4 aromatic rings. The molecular formula is C24H21F3N4O3. The van der Waals surface area contributed by atoms with Crippen LogP contribution in [0.3, 0.4) is 0 Å². The number of alkyl halides is 3. The number of aromatic nitrogens is 4. The molecule has 1 aromatic carbocycles. The third-order valence-electron chi connectivity index (χ3n) is 6.31. The molecule has 0 aliphatic carbocycles. The van der Waals surface area contributed by atoms with E-state index >= 15 is 0 Å². The fourth-order valence-electron chi connectivity index (χ4n) is 4.46. The number of imidazole rings is 1. The quantitative estimate of drug-likeness (QED) is 0.458. The van der Waals surface area contributed by atoms with E-state index in [2.05, 4.69) is 4.98 Å². The zero-order chi connectivity index (χ0) is 24.4. The molecule has 10 heteroatoms. The fraction of sp³-hybridized carbons (Fsp3) is 0.292. The summed E-state index contributed by atoms with van der Waals surface area (Å²) in [6.07, 6.45) is 0.304. The Labute approximate surface area is 191 Å². The van der Waals surface area contributed by atoms with E-state index < -0.39 is 22.9 Å². The van der Waals surface area contributed by atoms with Crippen LogP contribution < -0.4 is 11.1 Å². The van der Waals surface area contributed by atoms with Gasteiger partial charge in [-0.1, -0.05) is 6.07 Å². The number of halogens is 3. The zero-order valence-electron chi connectivity index (χ0n) is 18.7. The first-order valence-corrected chi connectivity index (χ1v) is 10.6. The number of pyridine rings is 1. The van der Waals surface area contributed by atoms with E-state index in [9.17, 15) is 22.8 Å². The van der Waals surface area contributed by atoms with Crippen LogP contribution in [-0.2, 0) is 29.7 Å². The van der Waals surface area contributed by atoms with E-state index in [0.29, 0.717) is 22.5 Å². The first kappa shape index (κ1) is 22.1. The highest BCUT2D eigenvalue weighted by Gasteiger charge is 2.40. The summed E-state index contributed by atoms with van der Waals surface area (Å²) in [7, 11) is 0. The summed E-state index contributed by atoms with van der Waals surface area (Å²) in [6.45, 7) is 5.30. The van der Waals surface area contributed by atoms with Gasteiger partial charge >= 0.3 is 6.18 Å². The van der Waals surface area contributed by atoms with Crippen molar-refractivity contribution < 1.29 is 17.9 Å². The number of hydrogen-bond acceptors (Lipinski definition) is 4. The van der Waals surface area contributed by atoms with Crippen LogP contribution in [0.2, 0.25) is 0 Å². The summed E-state index contributed by atoms with van der Waals surface area (Å²) < 4.78 is 50.1. The molecule has 0 saturated carbocycles. The lowest BCUT2D eigenvalue weighted by Gasteiger charge is -2.27. The summed E-state index contributed by atoms with van der Waals surface area (Å²) in [5.41, 5.74) is 0.0454. The molecule has 1 unspecified atom stereocenters. The second-order valence-electron chi connectivity index (χ2n) is 8.75. The molecule has 1 atom stereocenters. The van der Waals surface area contributed by atoms with Gasteiger partial charge in [-0.2, -0.15) is 13.2 Å². The lowest BCUT2D eigenvalue weighted by molar-refractivity contribution is -0.137. The van der Waals surface area contributed by atoms with Gasteiger partial charge < -0.3 is 13.9 Å². The Bertz CT molecular complexity index is 1560. The molecule has 34 heavy (non-hydrogen) atoms. The highest BCUT2D eigenvalue weighted by atomic mass is 19.4. The van der Waals surface area contributed by atoms with Crippen molar-refractivity contribution in [2.75, 3.05) is 0 Å². The molecule has 0 radical (unpaired) electrons. The highest BCUT2D eigenvalue weighted by molar-refractivity contribution is 5.49. The van der Waals surface area contributed by atoms with Gasteiger partial charge in [-0.3, -0.25) is 14.0 Å².